The van der Waals surface area contributed by atoms with Gasteiger partial charge in [0.2, 0.25) is 0 Å². The smallest absolute Gasteiger partial charge is 0.188 e. The molecule has 3 rings (SSSR count). The van der Waals surface area contributed by atoms with Gasteiger partial charge in [-0.1, -0.05) is 18.7 Å². The molecule has 0 aliphatic heterocycles. The van der Waals surface area contributed by atoms with Crippen LogP contribution in [-0.2, 0) is 0 Å². The molecule has 1 aromatic carbocycles. The summed E-state index contributed by atoms with van der Waals surface area (Å²) in [5.74, 6) is 0.576. The molecule has 6 nitrogen and oxygen atoms in total. The normalized spacial score (nSPS) is 11.3. The van der Waals surface area contributed by atoms with Crippen molar-refractivity contribution in [1.82, 2.24) is 19.5 Å². The van der Waals surface area contributed by atoms with E-state index in [1.807, 2.05) is 0 Å². The van der Waals surface area contributed by atoms with Crippen molar-refractivity contribution in [3.8, 4) is 22.6 Å². The number of aliphatic hydroxyl groups is 2. The van der Waals surface area contributed by atoms with E-state index in [9.17, 15) is 14.6 Å². The molecule has 8 heteroatoms. The van der Waals surface area contributed by atoms with Gasteiger partial charge in [0.15, 0.2) is 5.16 Å². The molecule has 2 N–H and O–H groups in total. The third-order valence-corrected chi connectivity index (χ3v) is 5.10. The maximum absolute atomic E-state index is 13.3. The number of hydrogen-bond donors (Lipinski definition) is 2. The lowest BCUT2D eigenvalue weighted by Gasteiger charge is -2.17. The molecule has 0 aliphatic rings. The highest BCUT2D eigenvalue weighted by Gasteiger charge is 2.21. The minimum Gasteiger partial charge on any atom is -0.394 e. The second kappa shape index (κ2) is 9.07. The highest BCUT2D eigenvalue weighted by atomic mass is 32.2. The van der Waals surface area contributed by atoms with E-state index >= 15 is 0 Å². The predicted octanol–water partition coefficient (Wildman–Crippen LogP) is 3.17. The number of imidazole rings is 1. The topological polar surface area (TPSA) is 84.1 Å². The molecular weight excluding hydrogens is 367 g/mol. The highest BCUT2D eigenvalue weighted by molar-refractivity contribution is 7.99. The molecule has 0 fully saturated rings. The molecule has 2 heterocycles. The van der Waals surface area contributed by atoms with Crippen molar-refractivity contribution < 1.29 is 14.6 Å². The van der Waals surface area contributed by atoms with Gasteiger partial charge in [-0.3, -0.25) is 0 Å². The Hall–Kier alpha value is -2.29. The van der Waals surface area contributed by atoms with Crippen molar-refractivity contribution >= 4 is 11.8 Å². The Morgan fingerprint density at radius 3 is 2.52 bits per heavy atom. The fourth-order valence-corrected chi connectivity index (χ4v) is 3.36. The molecule has 3 aromatic rings. The molecule has 2 aromatic heterocycles. The summed E-state index contributed by atoms with van der Waals surface area (Å²) in [4.78, 5) is 13.4. The standard InChI is InChI=1S/C19H21FN4O2S/c1-2-9-27-19-21-8-7-16(23-19)18-17(13-3-5-14(20)6-4-13)22-12-24(18)15(10-25)11-26/h3-8,12,15,25-26H,2,9-11H2,1H3. The third kappa shape index (κ3) is 4.35. The minimum atomic E-state index is -0.552. The number of rotatable bonds is 8. The Morgan fingerprint density at radius 1 is 1.11 bits per heavy atom. The van der Waals surface area contributed by atoms with Crippen LogP contribution in [0.2, 0.25) is 0 Å². The van der Waals surface area contributed by atoms with Crippen molar-refractivity contribution in [2.24, 2.45) is 0 Å². The molecule has 0 atom stereocenters. The molecular formula is C19H21FN4O2S. The molecule has 0 unspecified atom stereocenters. The zero-order chi connectivity index (χ0) is 19.2. The summed E-state index contributed by atoms with van der Waals surface area (Å²) >= 11 is 1.56. The van der Waals surface area contributed by atoms with Gasteiger partial charge in [-0.05, 0) is 36.8 Å². The zero-order valence-corrected chi connectivity index (χ0v) is 15.7. The molecule has 0 saturated carbocycles. The average Bonchev–Trinajstić information content (AvgIpc) is 3.13. The van der Waals surface area contributed by atoms with Crippen LogP contribution in [0.5, 0.6) is 0 Å². The third-order valence-electron chi connectivity index (χ3n) is 4.04. The number of nitrogens with zero attached hydrogens (tertiary/aromatic N) is 4. The van der Waals surface area contributed by atoms with Gasteiger partial charge in [0, 0.05) is 17.5 Å². The van der Waals surface area contributed by atoms with Crippen molar-refractivity contribution in [3.63, 3.8) is 0 Å². The number of aromatic nitrogens is 4. The molecule has 0 spiro atoms. The lowest BCUT2D eigenvalue weighted by atomic mass is 10.1. The fourth-order valence-electron chi connectivity index (χ4n) is 2.68. The van der Waals surface area contributed by atoms with Gasteiger partial charge in [-0.2, -0.15) is 0 Å². The molecule has 0 aliphatic carbocycles. The van der Waals surface area contributed by atoms with Crippen LogP contribution in [0.25, 0.3) is 22.6 Å². The van der Waals surface area contributed by atoms with Gasteiger partial charge in [0.05, 0.1) is 42.7 Å². The molecule has 0 amide bonds. The van der Waals surface area contributed by atoms with Crippen LogP contribution >= 0.6 is 11.8 Å². The largest absolute Gasteiger partial charge is 0.394 e. The average molecular weight is 388 g/mol. The van der Waals surface area contributed by atoms with E-state index in [0.29, 0.717) is 22.2 Å². The number of thioether (sulfide) groups is 1. The second-order valence-electron chi connectivity index (χ2n) is 5.95. The van der Waals surface area contributed by atoms with E-state index in [1.165, 1.54) is 12.1 Å². The van der Waals surface area contributed by atoms with Crippen LogP contribution in [0, 0.1) is 5.82 Å². The summed E-state index contributed by atoms with van der Waals surface area (Å²) in [6.07, 6.45) is 4.25. The summed E-state index contributed by atoms with van der Waals surface area (Å²) in [6.45, 7) is 1.60. The number of hydrogen-bond acceptors (Lipinski definition) is 6. The van der Waals surface area contributed by atoms with E-state index in [1.54, 1.807) is 47.1 Å². The number of benzene rings is 1. The zero-order valence-electron chi connectivity index (χ0n) is 14.9. The Kier molecular flexibility index (Phi) is 6.54. The van der Waals surface area contributed by atoms with E-state index in [2.05, 4.69) is 21.9 Å². The summed E-state index contributed by atoms with van der Waals surface area (Å²) in [7, 11) is 0. The van der Waals surface area contributed by atoms with E-state index < -0.39 is 6.04 Å². The van der Waals surface area contributed by atoms with Gasteiger partial charge in [-0.15, -0.1) is 0 Å². The van der Waals surface area contributed by atoms with E-state index in [0.717, 1.165) is 17.7 Å². The molecule has 27 heavy (non-hydrogen) atoms. The maximum atomic E-state index is 13.3. The van der Waals surface area contributed by atoms with Gasteiger partial charge >= 0.3 is 0 Å². The lowest BCUT2D eigenvalue weighted by molar-refractivity contribution is 0.155. The predicted molar refractivity (Wildman–Crippen MR) is 103 cm³/mol. The summed E-state index contributed by atoms with van der Waals surface area (Å²) in [5.41, 5.74) is 2.61. The van der Waals surface area contributed by atoms with Crippen LogP contribution in [-0.4, -0.2) is 48.7 Å². The van der Waals surface area contributed by atoms with Gasteiger partial charge in [0.25, 0.3) is 0 Å². The Labute approximate surface area is 161 Å². The van der Waals surface area contributed by atoms with Crippen LogP contribution < -0.4 is 0 Å². The quantitative estimate of drug-likeness (QED) is 0.455. The highest BCUT2D eigenvalue weighted by Crippen LogP contribution is 2.33. The SMILES string of the molecule is CCCSc1nccc(-c2c(-c3ccc(F)cc3)ncn2C(CO)CO)n1. The molecule has 0 radical (unpaired) electrons. The number of aliphatic hydroxyl groups excluding tert-OH is 2. The first-order valence-corrected chi connectivity index (χ1v) is 9.67. The first kappa shape index (κ1) is 19.5. The Morgan fingerprint density at radius 2 is 1.85 bits per heavy atom. The van der Waals surface area contributed by atoms with Gasteiger partial charge < -0.3 is 14.8 Å². The fraction of sp³-hybridized carbons (Fsp3) is 0.316. The second-order valence-corrected chi connectivity index (χ2v) is 7.01. The van der Waals surface area contributed by atoms with Gasteiger partial charge in [0.1, 0.15) is 5.82 Å². The molecule has 0 bridgehead atoms. The van der Waals surface area contributed by atoms with Crippen LogP contribution in [0.4, 0.5) is 4.39 Å². The van der Waals surface area contributed by atoms with Crippen LogP contribution in [0.3, 0.4) is 0 Å². The van der Waals surface area contributed by atoms with Crippen molar-refractivity contribution in [2.75, 3.05) is 19.0 Å². The first-order chi connectivity index (χ1) is 13.2. The number of halogens is 1. The maximum Gasteiger partial charge on any atom is 0.188 e. The summed E-state index contributed by atoms with van der Waals surface area (Å²) in [5, 5.41) is 19.9. The summed E-state index contributed by atoms with van der Waals surface area (Å²) < 4.78 is 15.0. The van der Waals surface area contributed by atoms with Crippen molar-refractivity contribution in [2.45, 2.75) is 24.5 Å². The van der Waals surface area contributed by atoms with Crippen LogP contribution in [0.1, 0.15) is 19.4 Å². The Balaban J connectivity index is 2.13. The van der Waals surface area contributed by atoms with Gasteiger partial charge in [-0.25, -0.2) is 19.3 Å². The van der Waals surface area contributed by atoms with E-state index in [4.69, 9.17) is 0 Å². The minimum absolute atomic E-state index is 0.245. The Bertz CT molecular complexity index is 882. The first-order valence-electron chi connectivity index (χ1n) is 8.68. The summed E-state index contributed by atoms with van der Waals surface area (Å²) in [6, 6.07) is 7.25. The molecule has 0 saturated heterocycles. The lowest BCUT2D eigenvalue weighted by Crippen LogP contribution is -2.17. The molecule has 142 valence electrons. The monoisotopic (exact) mass is 388 g/mol. The van der Waals surface area contributed by atoms with Crippen LogP contribution in [0.15, 0.2) is 48.0 Å². The van der Waals surface area contributed by atoms with Crippen molar-refractivity contribution in [3.05, 3.63) is 48.7 Å². The van der Waals surface area contributed by atoms with Crippen molar-refractivity contribution in [1.29, 1.82) is 0 Å². The van der Waals surface area contributed by atoms with E-state index in [-0.39, 0.29) is 19.0 Å².